The number of hydrazine groups is 1. The average Bonchev–Trinajstić information content (AvgIpc) is 2.38. The van der Waals surface area contributed by atoms with E-state index in [4.69, 9.17) is 15.3 Å². The number of benzene rings is 1. The van der Waals surface area contributed by atoms with Gasteiger partial charge < -0.3 is 9.47 Å². The normalized spacial score (nSPS) is 12.4. The molecule has 0 saturated heterocycles. The summed E-state index contributed by atoms with van der Waals surface area (Å²) >= 11 is 0. The first-order chi connectivity index (χ1) is 8.30. The fourth-order valence-electron chi connectivity index (χ4n) is 1.62. The van der Waals surface area contributed by atoms with Crippen molar-refractivity contribution >= 4 is 0 Å². The van der Waals surface area contributed by atoms with E-state index in [0.717, 1.165) is 25.2 Å². The summed E-state index contributed by atoms with van der Waals surface area (Å²) in [4.78, 5) is 0. The molecular formula is C13H22N2O2. The molecule has 0 spiro atoms. The SMILES string of the molecule is CCCOCC(Cc1cccc(OC)c1)NN. The molecule has 0 bridgehead atoms. The van der Waals surface area contributed by atoms with Gasteiger partial charge in [0.1, 0.15) is 5.75 Å². The van der Waals surface area contributed by atoms with Crippen LogP contribution in [0.2, 0.25) is 0 Å². The minimum atomic E-state index is 0.133. The van der Waals surface area contributed by atoms with Crippen LogP contribution in [0.4, 0.5) is 0 Å². The quantitative estimate of drug-likeness (QED) is 0.409. The van der Waals surface area contributed by atoms with Gasteiger partial charge in [0.2, 0.25) is 0 Å². The molecule has 0 heterocycles. The van der Waals surface area contributed by atoms with Gasteiger partial charge >= 0.3 is 0 Å². The van der Waals surface area contributed by atoms with E-state index in [1.165, 1.54) is 5.56 Å². The van der Waals surface area contributed by atoms with E-state index < -0.39 is 0 Å². The molecule has 0 fully saturated rings. The van der Waals surface area contributed by atoms with Crippen LogP contribution in [0, 0.1) is 0 Å². The molecule has 0 radical (unpaired) electrons. The van der Waals surface area contributed by atoms with Crippen LogP contribution in [0.5, 0.6) is 5.75 Å². The highest BCUT2D eigenvalue weighted by molar-refractivity contribution is 5.28. The molecule has 0 aliphatic heterocycles. The van der Waals surface area contributed by atoms with Crippen LogP contribution in [0.25, 0.3) is 0 Å². The summed E-state index contributed by atoms with van der Waals surface area (Å²) in [5.41, 5.74) is 3.97. The maximum Gasteiger partial charge on any atom is 0.119 e. The fraction of sp³-hybridized carbons (Fsp3) is 0.538. The highest BCUT2D eigenvalue weighted by Crippen LogP contribution is 2.14. The van der Waals surface area contributed by atoms with Crippen molar-refractivity contribution in [1.82, 2.24) is 5.43 Å². The maximum absolute atomic E-state index is 5.51. The van der Waals surface area contributed by atoms with Crippen molar-refractivity contribution in [3.05, 3.63) is 29.8 Å². The molecule has 0 aliphatic rings. The number of rotatable bonds is 8. The summed E-state index contributed by atoms with van der Waals surface area (Å²) in [6, 6.07) is 8.13. The number of nitrogens with one attached hydrogen (secondary N) is 1. The number of methoxy groups -OCH3 is 1. The average molecular weight is 238 g/mol. The Bertz CT molecular complexity index is 318. The van der Waals surface area contributed by atoms with Crippen LogP contribution in [0.3, 0.4) is 0 Å². The van der Waals surface area contributed by atoms with E-state index in [2.05, 4.69) is 18.4 Å². The molecule has 1 rings (SSSR count). The van der Waals surface area contributed by atoms with Crippen LogP contribution in [-0.2, 0) is 11.2 Å². The van der Waals surface area contributed by atoms with Gasteiger partial charge in [0.05, 0.1) is 13.7 Å². The summed E-state index contributed by atoms with van der Waals surface area (Å²) in [6.45, 7) is 3.49. The lowest BCUT2D eigenvalue weighted by atomic mass is 10.1. The Kier molecular flexibility index (Phi) is 6.62. The molecule has 4 heteroatoms. The molecule has 0 saturated carbocycles. The van der Waals surface area contributed by atoms with Crippen LogP contribution in [-0.4, -0.2) is 26.4 Å². The first-order valence-corrected chi connectivity index (χ1v) is 5.97. The molecule has 3 N–H and O–H groups in total. The predicted molar refractivity (Wildman–Crippen MR) is 68.9 cm³/mol. The number of nitrogens with two attached hydrogens (primary N) is 1. The predicted octanol–water partition coefficient (Wildman–Crippen LogP) is 1.50. The summed E-state index contributed by atoms with van der Waals surface area (Å²) < 4.78 is 10.7. The lowest BCUT2D eigenvalue weighted by Gasteiger charge is -2.16. The largest absolute Gasteiger partial charge is 0.497 e. The second-order valence-corrected chi connectivity index (χ2v) is 3.99. The van der Waals surface area contributed by atoms with Gasteiger partial charge in [-0.05, 0) is 30.5 Å². The number of hydrogen-bond acceptors (Lipinski definition) is 4. The highest BCUT2D eigenvalue weighted by atomic mass is 16.5. The van der Waals surface area contributed by atoms with E-state index in [-0.39, 0.29) is 6.04 Å². The van der Waals surface area contributed by atoms with Gasteiger partial charge in [0, 0.05) is 12.6 Å². The first-order valence-electron chi connectivity index (χ1n) is 5.97. The molecular weight excluding hydrogens is 216 g/mol. The molecule has 1 atom stereocenters. The first kappa shape index (κ1) is 14.0. The van der Waals surface area contributed by atoms with Gasteiger partial charge in [-0.1, -0.05) is 19.1 Å². The topological polar surface area (TPSA) is 56.5 Å². The standard InChI is InChI=1S/C13H22N2O2/c1-3-7-17-10-12(15-14)8-11-5-4-6-13(9-11)16-2/h4-6,9,12,15H,3,7-8,10,14H2,1-2H3. The van der Waals surface area contributed by atoms with Gasteiger partial charge in [-0.15, -0.1) is 0 Å². The van der Waals surface area contributed by atoms with Gasteiger partial charge in [-0.3, -0.25) is 11.3 Å². The molecule has 1 unspecified atom stereocenters. The lowest BCUT2D eigenvalue weighted by Crippen LogP contribution is -2.40. The zero-order chi connectivity index (χ0) is 12.5. The minimum absolute atomic E-state index is 0.133. The van der Waals surface area contributed by atoms with E-state index >= 15 is 0 Å². The molecule has 0 aliphatic carbocycles. The summed E-state index contributed by atoms with van der Waals surface area (Å²) in [7, 11) is 1.67. The van der Waals surface area contributed by atoms with Crippen molar-refractivity contribution in [2.45, 2.75) is 25.8 Å². The summed E-state index contributed by atoms with van der Waals surface area (Å²) in [6.07, 6.45) is 1.86. The van der Waals surface area contributed by atoms with Crippen molar-refractivity contribution in [2.75, 3.05) is 20.3 Å². The third-order valence-electron chi connectivity index (χ3n) is 2.52. The van der Waals surface area contributed by atoms with E-state index in [1.807, 2.05) is 18.2 Å². The second kappa shape index (κ2) is 8.06. The molecule has 0 aromatic heterocycles. The Morgan fingerprint density at radius 2 is 2.24 bits per heavy atom. The van der Waals surface area contributed by atoms with Crippen LogP contribution in [0.15, 0.2) is 24.3 Å². The Morgan fingerprint density at radius 1 is 1.41 bits per heavy atom. The third-order valence-corrected chi connectivity index (χ3v) is 2.52. The number of hydrogen-bond donors (Lipinski definition) is 2. The highest BCUT2D eigenvalue weighted by Gasteiger charge is 2.08. The Morgan fingerprint density at radius 3 is 2.88 bits per heavy atom. The van der Waals surface area contributed by atoms with Crippen molar-refractivity contribution < 1.29 is 9.47 Å². The van der Waals surface area contributed by atoms with E-state index in [1.54, 1.807) is 7.11 Å². The monoisotopic (exact) mass is 238 g/mol. The van der Waals surface area contributed by atoms with Gasteiger partial charge in [-0.2, -0.15) is 0 Å². The van der Waals surface area contributed by atoms with Gasteiger partial charge in [0.15, 0.2) is 0 Å². The molecule has 0 amide bonds. The van der Waals surface area contributed by atoms with Crippen LogP contribution >= 0.6 is 0 Å². The fourth-order valence-corrected chi connectivity index (χ4v) is 1.62. The summed E-state index contributed by atoms with van der Waals surface area (Å²) in [5, 5.41) is 0. The third kappa shape index (κ3) is 5.17. The Hall–Kier alpha value is -1.10. The molecule has 1 aromatic carbocycles. The number of ether oxygens (including phenoxy) is 2. The summed E-state index contributed by atoms with van der Waals surface area (Å²) in [5.74, 6) is 6.38. The van der Waals surface area contributed by atoms with Gasteiger partial charge in [-0.25, -0.2) is 0 Å². The van der Waals surface area contributed by atoms with E-state index in [0.29, 0.717) is 6.61 Å². The zero-order valence-electron chi connectivity index (χ0n) is 10.6. The molecule has 1 aromatic rings. The Labute approximate surface area is 103 Å². The zero-order valence-corrected chi connectivity index (χ0v) is 10.6. The lowest BCUT2D eigenvalue weighted by molar-refractivity contribution is 0.112. The van der Waals surface area contributed by atoms with Gasteiger partial charge in [0.25, 0.3) is 0 Å². The van der Waals surface area contributed by atoms with Crippen molar-refractivity contribution in [1.29, 1.82) is 0 Å². The minimum Gasteiger partial charge on any atom is -0.497 e. The maximum atomic E-state index is 5.51. The van der Waals surface area contributed by atoms with Crippen LogP contribution < -0.4 is 16.0 Å². The smallest absolute Gasteiger partial charge is 0.119 e. The molecule has 96 valence electrons. The van der Waals surface area contributed by atoms with Crippen molar-refractivity contribution in [2.24, 2.45) is 5.84 Å². The van der Waals surface area contributed by atoms with E-state index in [9.17, 15) is 0 Å². The van der Waals surface area contributed by atoms with Crippen molar-refractivity contribution in [3.63, 3.8) is 0 Å². The Balaban J connectivity index is 2.48. The second-order valence-electron chi connectivity index (χ2n) is 3.99. The van der Waals surface area contributed by atoms with Crippen LogP contribution in [0.1, 0.15) is 18.9 Å². The van der Waals surface area contributed by atoms with Crippen molar-refractivity contribution in [3.8, 4) is 5.75 Å². The molecule has 17 heavy (non-hydrogen) atoms. The molecule has 4 nitrogen and oxygen atoms in total.